The molecule has 0 radical (unpaired) electrons. The maximum Gasteiger partial charge on any atom is 0.433 e. The number of hydrogen-bond acceptors (Lipinski definition) is 2. The van der Waals surface area contributed by atoms with Crippen LogP contribution < -0.4 is 5.32 Å². The summed E-state index contributed by atoms with van der Waals surface area (Å²) in [4.78, 5) is 3.04. The number of anilines is 1. The van der Waals surface area contributed by atoms with Gasteiger partial charge in [0.2, 0.25) is 0 Å². The summed E-state index contributed by atoms with van der Waals surface area (Å²) in [7, 11) is 0. The third kappa shape index (κ3) is 2.37. The summed E-state index contributed by atoms with van der Waals surface area (Å²) in [5, 5.41) is 2.29. The predicted molar refractivity (Wildman–Crippen MR) is 60.8 cm³/mol. The number of fused-ring (bicyclic) bond motifs is 1. The molecule has 108 valence electrons. The molecule has 1 aromatic carbocycles. The standard InChI is InChI=1S/C12H8F6N2/c1-2-19-7-4-8(12(16,17)18)20-11-5(7)3-6(13)9(14)10(11)15/h3-4H,2H2,1H3,(H,19,20). The van der Waals surface area contributed by atoms with Crippen molar-refractivity contribution in [3.63, 3.8) is 0 Å². The number of alkyl halides is 3. The van der Waals surface area contributed by atoms with Crippen molar-refractivity contribution in [1.82, 2.24) is 4.98 Å². The highest BCUT2D eigenvalue weighted by molar-refractivity contribution is 5.92. The SMILES string of the molecule is CCNc1cc(C(F)(F)F)nc2c(F)c(F)c(F)cc12. The topological polar surface area (TPSA) is 24.9 Å². The largest absolute Gasteiger partial charge is 0.433 e. The predicted octanol–water partition coefficient (Wildman–Crippen LogP) is 4.10. The van der Waals surface area contributed by atoms with Crippen LogP contribution >= 0.6 is 0 Å². The third-order valence-electron chi connectivity index (χ3n) is 2.60. The second-order valence-corrected chi connectivity index (χ2v) is 3.97. The molecule has 8 heteroatoms. The molecule has 2 rings (SSSR count). The molecule has 1 heterocycles. The average Bonchev–Trinajstić information content (AvgIpc) is 2.36. The van der Waals surface area contributed by atoms with Crippen LogP contribution in [0.5, 0.6) is 0 Å². The summed E-state index contributed by atoms with van der Waals surface area (Å²) in [6.07, 6.45) is -4.82. The molecule has 0 atom stereocenters. The van der Waals surface area contributed by atoms with E-state index in [2.05, 4.69) is 10.3 Å². The molecule has 1 N–H and O–H groups in total. The second kappa shape index (κ2) is 4.84. The van der Waals surface area contributed by atoms with Crippen molar-refractivity contribution >= 4 is 16.6 Å². The van der Waals surface area contributed by atoms with Crippen molar-refractivity contribution in [1.29, 1.82) is 0 Å². The highest BCUT2D eigenvalue weighted by Crippen LogP contribution is 2.34. The minimum absolute atomic E-state index is 0.164. The highest BCUT2D eigenvalue weighted by atomic mass is 19.4. The van der Waals surface area contributed by atoms with Crippen LogP contribution in [-0.4, -0.2) is 11.5 Å². The van der Waals surface area contributed by atoms with Crippen LogP contribution in [0.3, 0.4) is 0 Å². The van der Waals surface area contributed by atoms with Gasteiger partial charge >= 0.3 is 6.18 Å². The number of pyridine rings is 1. The van der Waals surface area contributed by atoms with E-state index in [1.54, 1.807) is 6.92 Å². The van der Waals surface area contributed by atoms with Gasteiger partial charge in [-0.1, -0.05) is 0 Å². The van der Waals surface area contributed by atoms with Gasteiger partial charge in [0.15, 0.2) is 17.5 Å². The molecule has 0 bridgehead atoms. The summed E-state index contributed by atoms with van der Waals surface area (Å²) < 4.78 is 77.9. The first kappa shape index (κ1) is 14.4. The van der Waals surface area contributed by atoms with Crippen molar-refractivity contribution < 1.29 is 26.3 Å². The Bertz CT molecular complexity index is 665. The van der Waals surface area contributed by atoms with Crippen molar-refractivity contribution in [2.75, 3.05) is 11.9 Å². The summed E-state index contributed by atoms with van der Waals surface area (Å²) in [6.45, 7) is 1.81. The van der Waals surface area contributed by atoms with E-state index in [1.807, 2.05) is 0 Å². The van der Waals surface area contributed by atoms with Gasteiger partial charge in [0.25, 0.3) is 0 Å². The molecular formula is C12H8F6N2. The van der Waals surface area contributed by atoms with E-state index in [-0.39, 0.29) is 17.6 Å². The van der Waals surface area contributed by atoms with E-state index < -0.39 is 34.8 Å². The highest BCUT2D eigenvalue weighted by Gasteiger charge is 2.34. The summed E-state index contributed by atoms with van der Waals surface area (Å²) >= 11 is 0. The van der Waals surface area contributed by atoms with Crippen LogP contribution in [0.1, 0.15) is 12.6 Å². The van der Waals surface area contributed by atoms with Crippen molar-refractivity contribution in [3.8, 4) is 0 Å². The van der Waals surface area contributed by atoms with E-state index in [1.165, 1.54) is 0 Å². The fraction of sp³-hybridized carbons (Fsp3) is 0.250. The zero-order valence-corrected chi connectivity index (χ0v) is 10.1. The number of benzene rings is 1. The molecule has 0 saturated heterocycles. The van der Waals surface area contributed by atoms with Crippen LogP contribution in [-0.2, 0) is 6.18 Å². The third-order valence-corrected chi connectivity index (χ3v) is 2.60. The smallest absolute Gasteiger partial charge is 0.385 e. The zero-order valence-electron chi connectivity index (χ0n) is 10.1. The number of halogens is 6. The fourth-order valence-electron chi connectivity index (χ4n) is 1.75. The zero-order chi connectivity index (χ0) is 15.1. The molecule has 0 aliphatic carbocycles. The maximum absolute atomic E-state index is 13.6. The molecule has 0 spiro atoms. The van der Waals surface area contributed by atoms with Crippen LogP contribution in [0, 0.1) is 17.5 Å². The summed E-state index contributed by atoms with van der Waals surface area (Å²) in [6, 6.07) is 1.24. The number of hydrogen-bond donors (Lipinski definition) is 1. The van der Waals surface area contributed by atoms with Gasteiger partial charge < -0.3 is 5.32 Å². The van der Waals surface area contributed by atoms with E-state index in [0.29, 0.717) is 12.1 Å². The average molecular weight is 294 g/mol. The van der Waals surface area contributed by atoms with Crippen molar-refractivity contribution in [3.05, 3.63) is 35.3 Å². The quantitative estimate of drug-likeness (QED) is 0.666. The number of rotatable bonds is 2. The Hall–Kier alpha value is -1.99. The van der Waals surface area contributed by atoms with Gasteiger partial charge in [0, 0.05) is 17.6 Å². The molecule has 20 heavy (non-hydrogen) atoms. The van der Waals surface area contributed by atoms with E-state index in [9.17, 15) is 26.3 Å². The van der Waals surface area contributed by atoms with Crippen LogP contribution in [0.4, 0.5) is 32.0 Å². The van der Waals surface area contributed by atoms with E-state index in [0.717, 1.165) is 0 Å². The van der Waals surface area contributed by atoms with Gasteiger partial charge in [0.05, 0.1) is 0 Å². The van der Waals surface area contributed by atoms with Crippen molar-refractivity contribution in [2.45, 2.75) is 13.1 Å². The lowest BCUT2D eigenvalue weighted by Crippen LogP contribution is -2.11. The van der Waals surface area contributed by atoms with E-state index in [4.69, 9.17) is 0 Å². The first-order chi connectivity index (χ1) is 9.25. The van der Waals surface area contributed by atoms with E-state index >= 15 is 0 Å². The number of nitrogens with zero attached hydrogens (tertiary/aromatic N) is 1. The van der Waals surface area contributed by atoms with Gasteiger partial charge in [0.1, 0.15) is 11.2 Å². The fourth-order valence-corrected chi connectivity index (χ4v) is 1.75. The molecule has 1 aromatic heterocycles. The first-order valence-electron chi connectivity index (χ1n) is 5.55. The minimum atomic E-state index is -4.82. The van der Waals surface area contributed by atoms with Crippen molar-refractivity contribution in [2.24, 2.45) is 0 Å². The summed E-state index contributed by atoms with van der Waals surface area (Å²) in [5.41, 5.74) is -2.41. The molecule has 0 fully saturated rings. The molecule has 2 aromatic rings. The molecule has 0 aliphatic heterocycles. The van der Waals surface area contributed by atoms with Gasteiger partial charge in [-0.3, -0.25) is 0 Å². The first-order valence-corrected chi connectivity index (χ1v) is 5.55. The molecule has 0 aliphatic rings. The second-order valence-electron chi connectivity index (χ2n) is 3.97. The summed E-state index contributed by atoms with van der Waals surface area (Å²) in [5.74, 6) is -5.09. The Balaban J connectivity index is 2.86. The van der Waals surface area contributed by atoms with Crippen LogP contribution in [0.25, 0.3) is 10.9 Å². The lowest BCUT2D eigenvalue weighted by molar-refractivity contribution is -0.140. The molecule has 2 nitrogen and oxygen atoms in total. The monoisotopic (exact) mass is 294 g/mol. The number of nitrogens with one attached hydrogen (secondary N) is 1. The Morgan fingerprint density at radius 1 is 1.10 bits per heavy atom. The minimum Gasteiger partial charge on any atom is -0.385 e. The molecule has 0 amide bonds. The molecular weight excluding hydrogens is 286 g/mol. The maximum atomic E-state index is 13.6. The Kier molecular flexibility index (Phi) is 3.49. The Morgan fingerprint density at radius 2 is 1.75 bits per heavy atom. The van der Waals surface area contributed by atoms with Crippen LogP contribution in [0.2, 0.25) is 0 Å². The lowest BCUT2D eigenvalue weighted by Gasteiger charge is -2.13. The van der Waals surface area contributed by atoms with Crippen LogP contribution in [0.15, 0.2) is 12.1 Å². The van der Waals surface area contributed by atoms with Gasteiger partial charge in [-0.15, -0.1) is 0 Å². The Morgan fingerprint density at radius 3 is 2.30 bits per heavy atom. The molecule has 0 unspecified atom stereocenters. The normalized spacial score (nSPS) is 11.9. The van der Waals surface area contributed by atoms with Gasteiger partial charge in [-0.05, 0) is 19.1 Å². The Labute approximate surface area is 109 Å². The van der Waals surface area contributed by atoms with Gasteiger partial charge in [-0.25, -0.2) is 18.2 Å². The number of aromatic nitrogens is 1. The van der Waals surface area contributed by atoms with Gasteiger partial charge in [-0.2, -0.15) is 13.2 Å². The molecule has 0 saturated carbocycles. The lowest BCUT2D eigenvalue weighted by atomic mass is 10.1.